The Balaban J connectivity index is 1.69. The highest BCUT2D eigenvalue weighted by molar-refractivity contribution is 5.31. The third-order valence-electron chi connectivity index (χ3n) is 4.65. The summed E-state index contributed by atoms with van der Waals surface area (Å²) in [5, 5.41) is 3.45. The van der Waals surface area contributed by atoms with Gasteiger partial charge in [-0.25, -0.2) is 0 Å². The zero-order valence-electron chi connectivity index (χ0n) is 14.6. The minimum Gasteiger partial charge on any atom is -0.489 e. The van der Waals surface area contributed by atoms with Gasteiger partial charge >= 0.3 is 0 Å². The Hall–Kier alpha value is -1.84. The molecule has 3 rings (SSSR count). The Kier molecular flexibility index (Phi) is 6.27. The molecule has 0 bridgehead atoms. The van der Waals surface area contributed by atoms with E-state index in [9.17, 15) is 0 Å². The molecule has 128 valence electrons. The highest BCUT2D eigenvalue weighted by Gasteiger charge is 2.21. The SMILES string of the molecule is CCC[C@H](c1cccc(OCc2ccccc2)c1)N1CCNCC1. The largest absolute Gasteiger partial charge is 0.489 e. The van der Waals surface area contributed by atoms with Crippen LogP contribution in [0.2, 0.25) is 0 Å². The maximum atomic E-state index is 6.02. The van der Waals surface area contributed by atoms with Gasteiger partial charge in [0.1, 0.15) is 12.4 Å². The first-order valence-electron chi connectivity index (χ1n) is 9.08. The van der Waals surface area contributed by atoms with Gasteiger partial charge in [0.05, 0.1) is 0 Å². The van der Waals surface area contributed by atoms with Crippen LogP contribution < -0.4 is 10.1 Å². The van der Waals surface area contributed by atoms with Crippen LogP contribution in [0.5, 0.6) is 5.75 Å². The van der Waals surface area contributed by atoms with E-state index in [-0.39, 0.29) is 0 Å². The number of hydrogen-bond donors (Lipinski definition) is 1. The molecule has 24 heavy (non-hydrogen) atoms. The normalized spacial score (nSPS) is 16.7. The first kappa shape index (κ1) is 17.0. The Morgan fingerprint density at radius 1 is 1.04 bits per heavy atom. The van der Waals surface area contributed by atoms with Crippen molar-refractivity contribution in [2.45, 2.75) is 32.4 Å². The van der Waals surface area contributed by atoms with Crippen LogP contribution in [0, 0.1) is 0 Å². The minimum atomic E-state index is 0.498. The first-order chi connectivity index (χ1) is 11.9. The zero-order chi connectivity index (χ0) is 16.6. The summed E-state index contributed by atoms with van der Waals surface area (Å²) in [5.74, 6) is 0.965. The van der Waals surface area contributed by atoms with Crippen LogP contribution in [0.15, 0.2) is 54.6 Å². The van der Waals surface area contributed by atoms with Crippen molar-refractivity contribution in [2.24, 2.45) is 0 Å². The summed E-state index contributed by atoms with van der Waals surface area (Å²) >= 11 is 0. The number of ether oxygens (including phenoxy) is 1. The van der Waals surface area contributed by atoms with Crippen LogP contribution in [0.4, 0.5) is 0 Å². The molecular weight excluding hydrogens is 296 g/mol. The van der Waals surface area contributed by atoms with Crippen LogP contribution in [0.3, 0.4) is 0 Å². The summed E-state index contributed by atoms with van der Waals surface area (Å²) in [7, 11) is 0. The Bertz CT molecular complexity index is 608. The Labute approximate surface area is 145 Å². The lowest BCUT2D eigenvalue weighted by molar-refractivity contribution is 0.164. The molecule has 1 fully saturated rings. The summed E-state index contributed by atoms with van der Waals surface area (Å²) in [6.45, 7) is 7.32. The topological polar surface area (TPSA) is 24.5 Å². The summed E-state index contributed by atoms with van der Waals surface area (Å²) in [6, 6.07) is 19.5. The molecule has 0 unspecified atom stereocenters. The standard InChI is InChI=1S/C21H28N2O/c1-2-7-21(23-14-12-22-13-15-23)19-10-6-11-20(16-19)24-17-18-8-4-3-5-9-18/h3-6,8-11,16,21-22H,2,7,12-15,17H2,1H3/t21-/m1/s1. The van der Waals surface area contributed by atoms with E-state index in [1.54, 1.807) is 0 Å². The van der Waals surface area contributed by atoms with Gasteiger partial charge in [0.2, 0.25) is 0 Å². The van der Waals surface area contributed by atoms with Gasteiger partial charge in [0.15, 0.2) is 0 Å². The minimum absolute atomic E-state index is 0.498. The maximum Gasteiger partial charge on any atom is 0.120 e. The molecule has 1 saturated heterocycles. The lowest BCUT2D eigenvalue weighted by atomic mass is 9.99. The second kappa shape index (κ2) is 8.86. The molecule has 1 aliphatic rings. The third-order valence-corrected chi connectivity index (χ3v) is 4.65. The van der Waals surface area contributed by atoms with E-state index in [0.29, 0.717) is 12.6 Å². The monoisotopic (exact) mass is 324 g/mol. The van der Waals surface area contributed by atoms with Crippen LogP contribution in [-0.4, -0.2) is 31.1 Å². The van der Waals surface area contributed by atoms with Gasteiger partial charge in [0.25, 0.3) is 0 Å². The highest BCUT2D eigenvalue weighted by Crippen LogP contribution is 2.28. The summed E-state index contributed by atoms with van der Waals surface area (Å²) in [4.78, 5) is 2.61. The van der Waals surface area contributed by atoms with E-state index in [2.05, 4.69) is 65.7 Å². The highest BCUT2D eigenvalue weighted by atomic mass is 16.5. The molecule has 1 N–H and O–H groups in total. The van der Waals surface area contributed by atoms with Crippen molar-refractivity contribution in [3.05, 3.63) is 65.7 Å². The predicted molar refractivity (Wildman–Crippen MR) is 99.3 cm³/mol. The molecule has 0 spiro atoms. The molecule has 3 nitrogen and oxygen atoms in total. The molecule has 0 radical (unpaired) electrons. The van der Waals surface area contributed by atoms with Gasteiger partial charge < -0.3 is 10.1 Å². The van der Waals surface area contributed by atoms with Gasteiger partial charge in [-0.3, -0.25) is 4.90 Å². The zero-order valence-corrected chi connectivity index (χ0v) is 14.6. The fourth-order valence-corrected chi connectivity index (χ4v) is 3.38. The fourth-order valence-electron chi connectivity index (χ4n) is 3.38. The molecule has 1 atom stereocenters. The van der Waals surface area contributed by atoms with Crippen molar-refractivity contribution in [1.82, 2.24) is 10.2 Å². The molecule has 2 aromatic carbocycles. The first-order valence-corrected chi connectivity index (χ1v) is 9.08. The smallest absolute Gasteiger partial charge is 0.120 e. The average molecular weight is 324 g/mol. The summed E-state index contributed by atoms with van der Waals surface area (Å²) < 4.78 is 6.02. The summed E-state index contributed by atoms with van der Waals surface area (Å²) in [5.41, 5.74) is 2.58. The van der Waals surface area contributed by atoms with Crippen molar-refractivity contribution >= 4 is 0 Å². The van der Waals surface area contributed by atoms with Crippen molar-refractivity contribution < 1.29 is 4.74 Å². The molecule has 3 heteroatoms. The third kappa shape index (κ3) is 4.59. The molecule has 1 aliphatic heterocycles. The molecule has 0 amide bonds. The van der Waals surface area contributed by atoms with E-state index in [1.165, 1.54) is 24.0 Å². The van der Waals surface area contributed by atoms with Gasteiger partial charge in [-0.2, -0.15) is 0 Å². The van der Waals surface area contributed by atoms with Crippen molar-refractivity contribution in [3.63, 3.8) is 0 Å². The molecule has 0 saturated carbocycles. The van der Waals surface area contributed by atoms with Crippen LogP contribution in [-0.2, 0) is 6.61 Å². The quantitative estimate of drug-likeness (QED) is 0.833. The lowest BCUT2D eigenvalue weighted by Gasteiger charge is -2.35. The van der Waals surface area contributed by atoms with Crippen LogP contribution in [0.1, 0.15) is 36.9 Å². The predicted octanol–water partition coefficient (Wildman–Crippen LogP) is 4.01. The van der Waals surface area contributed by atoms with E-state index in [4.69, 9.17) is 4.74 Å². The number of benzene rings is 2. The van der Waals surface area contributed by atoms with Crippen molar-refractivity contribution in [2.75, 3.05) is 26.2 Å². The number of hydrogen-bond acceptors (Lipinski definition) is 3. The van der Waals surface area contributed by atoms with E-state index in [0.717, 1.165) is 31.9 Å². The lowest BCUT2D eigenvalue weighted by Crippen LogP contribution is -2.45. The molecular formula is C21H28N2O. The number of nitrogens with zero attached hydrogens (tertiary/aromatic N) is 1. The van der Waals surface area contributed by atoms with Crippen LogP contribution in [0.25, 0.3) is 0 Å². The van der Waals surface area contributed by atoms with Crippen molar-refractivity contribution in [1.29, 1.82) is 0 Å². The Morgan fingerprint density at radius 2 is 1.83 bits per heavy atom. The van der Waals surface area contributed by atoms with Crippen LogP contribution >= 0.6 is 0 Å². The van der Waals surface area contributed by atoms with Gasteiger partial charge in [-0.1, -0.05) is 55.8 Å². The van der Waals surface area contributed by atoms with Gasteiger partial charge in [-0.05, 0) is 29.7 Å². The Morgan fingerprint density at radius 3 is 2.58 bits per heavy atom. The fraction of sp³-hybridized carbons (Fsp3) is 0.429. The average Bonchev–Trinajstić information content (AvgIpc) is 2.66. The van der Waals surface area contributed by atoms with Crippen molar-refractivity contribution in [3.8, 4) is 5.75 Å². The van der Waals surface area contributed by atoms with E-state index in [1.807, 2.05) is 6.07 Å². The van der Waals surface area contributed by atoms with Gasteiger partial charge in [-0.15, -0.1) is 0 Å². The van der Waals surface area contributed by atoms with Gasteiger partial charge in [0, 0.05) is 32.2 Å². The second-order valence-corrected chi connectivity index (χ2v) is 6.44. The molecule has 1 heterocycles. The van der Waals surface area contributed by atoms with E-state index >= 15 is 0 Å². The molecule has 0 aromatic heterocycles. The number of piperazine rings is 1. The molecule has 0 aliphatic carbocycles. The second-order valence-electron chi connectivity index (χ2n) is 6.44. The number of rotatable bonds is 7. The number of nitrogens with one attached hydrogen (secondary N) is 1. The summed E-state index contributed by atoms with van der Waals surface area (Å²) in [6.07, 6.45) is 2.39. The maximum absolute atomic E-state index is 6.02. The molecule has 2 aromatic rings. The van der Waals surface area contributed by atoms with E-state index < -0.39 is 0 Å².